The van der Waals surface area contributed by atoms with Gasteiger partial charge in [0.25, 0.3) is 5.56 Å². The van der Waals surface area contributed by atoms with Crippen LogP contribution in [0.1, 0.15) is 29.9 Å². The summed E-state index contributed by atoms with van der Waals surface area (Å²) >= 11 is 1.38. The standard InChI is InChI=1S/C19H19N3O3S/c1-11(2)10-22-18-15(17(24)21(3)19(22)25)8-14(26-18)7-12-5-4-6-13(9-20)16(12)23/h4-6,8,11,23H,7,10H2,1-3H3. The maximum Gasteiger partial charge on any atom is 0.331 e. The number of hydrogen-bond donors (Lipinski definition) is 1. The van der Waals surface area contributed by atoms with Crippen LogP contribution in [-0.4, -0.2) is 14.2 Å². The molecule has 0 fully saturated rings. The van der Waals surface area contributed by atoms with Crippen molar-refractivity contribution >= 4 is 21.6 Å². The maximum absolute atomic E-state index is 12.5. The molecule has 7 heteroatoms. The van der Waals surface area contributed by atoms with E-state index in [-0.39, 0.29) is 28.5 Å². The second-order valence-electron chi connectivity index (χ2n) is 6.68. The lowest BCUT2D eigenvalue weighted by Gasteiger charge is -2.11. The van der Waals surface area contributed by atoms with Crippen molar-refractivity contribution in [1.82, 2.24) is 9.13 Å². The summed E-state index contributed by atoms with van der Waals surface area (Å²) in [4.78, 5) is 26.5. The number of nitrogens with zero attached hydrogens (tertiary/aromatic N) is 3. The number of phenols is 1. The SMILES string of the molecule is CC(C)Cn1c(=O)n(C)c(=O)c2cc(Cc3cccc(C#N)c3O)sc21. The van der Waals surface area contributed by atoms with Gasteiger partial charge in [-0.15, -0.1) is 11.3 Å². The molecule has 3 aromatic rings. The van der Waals surface area contributed by atoms with Crippen LogP contribution in [0.15, 0.2) is 33.9 Å². The Bertz CT molecular complexity index is 1150. The Morgan fingerprint density at radius 1 is 1.31 bits per heavy atom. The highest BCUT2D eigenvalue weighted by Crippen LogP contribution is 2.29. The van der Waals surface area contributed by atoms with Crippen molar-refractivity contribution in [2.75, 3.05) is 0 Å². The Labute approximate surface area is 154 Å². The number of fused-ring (bicyclic) bond motifs is 1. The summed E-state index contributed by atoms with van der Waals surface area (Å²) in [5, 5.41) is 19.8. The molecule has 6 nitrogen and oxygen atoms in total. The zero-order chi connectivity index (χ0) is 19.0. The first-order valence-corrected chi connectivity index (χ1v) is 9.08. The quantitative estimate of drug-likeness (QED) is 0.766. The van der Waals surface area contributed by atoms with Crippen molar-refractivity contribution in [3.63, 3.8) is 0 Å². The number of nitriles is 1. The van der Waals surface area contributed by atoms with Crippen LogP contribution < -0.4 is 11.2 Å². The lowest BCUT2D eigenvalue weighted by molar-refractivity contribution is 0.468. The minimum atomic E-state index is -0.320. The number of para-hydroxylation sites is 1. The molecule has 0 aliphatic carbocycles. The molecule has 2 heterocycles. The van der Waals surface area contributed by atoms with E-state index in [0.717, 1.165) is 9.44 Å². The van der Waals surface area contributed by atoms with E-state index in [1.165, 1.54) is 18.4 Å². The molecule has 0 aliphatic heterocycles. The minimum Gasteiger partial charge on any atom is -0.506 e. The van der Waals surface area contributed by atoms with Crippen molar-refractivity contribution < 1.29 is 5.11 Å². The van der Waals surface area contributed by atoms with Gasteiger partial charge in [0.2, 0.25) is 0 Å². The van der Waals surface area contributed by atoms with E-state index in [9.17, 15) is 14.7 Å². The highest BCUT2D eigenvalue weighted by atomic mass is 32.1. The summed E-state index contributed by atoms with van der Waals surface area (Å²) in [7, 11) is 1.49. The van der Waals surface area contributed by atoms with Gasteiger partial charge in [-0.05, 0) is 18.1 Å². The first-order valence-electron chi connectivity index (χ1n) is 8.26. The van der Waals surface area contributed by atoms with Crippen molar-refractivity contribution in [2.24, 2.45) is 13.0 Å². The van der Waals surface area contributed by atoms with E-state index in [4.69, 9.17) is 5.26 Å². The largest absolute Gasteiger partial charge is 0.506 e. The smallest absolute Gasteiger partial charge is 0.331 e. The highest BCUT2D eigenvalue weighted by molar-refractivity contribution is 7.18. The Hall–Kier alpha value is -2.85. The molecule has 1 aromatic carbocycles. The van der Waals surface area contributed by atoms with E-state index in [0.29, 0.717) is 28.7 Å². The summed E-state index contributed by atoms with van der Waals surface area (Å²) in [6.07, 6.45) is 0.389. The lowest BCUT2D eigenvalue weighted by Crippen LogP contribution is -2.38. The summed E-state index contributed by atoms with van der Waals surface area (Å²) in [5.41, 5.74) is 0.197. The fourth-order valence-corrected chi connectivity index (χ4v) is 4.12. The molecule has 0 radical (unpaired) electrons. The van der Waals surface area contributed by atoms with Gasteiger partial charge in [0, 0.05) is 30.5 Å². The normalized spacial score (nSPS) is 11.2. The Kier molecular flexibility index (Phi) is 4.70. The topological polar surface area (TPSA) is 88.0 Å². The van der Waals surface area contributed by atoms with Crippen LogP contribution in [0.25, 0.3) is 10.2 Å². The third-order valence-electron chi connectivity index (χ3n) is 4.21. The number of hydrogen-bond acceptors (Lipinski definition) is 5. The molecule has 0 unspecified atom stereocenters. The van der Waals surface area contributed by atoms with Crippen molar-refractivity contribution in [3.8, 4) is 11.8 Å². The third-order valence-corrected chi connectivity index (χ3v) is 5.37. The zero-order valence-corrected chi connectivity index (χ0v) is 15.6. The number of benzene rings is 1. The molecular formula is C19H19N3O3S. The molecule has 0 saturated carbocycles. The Balaban J connectivity index is 2.16. The number of aromatic nitrogens is 2. The molecule has 1 N–H and O–H groups in total. The van der Waals surface area contributed by atoms with Gasteiger partial charge < -0.3 is 5.11 Å². The predicted molar refractivity (Wildman–Crippen MR) is 102 cm³/mol. The summed E-state index contributed by atoms with van der Waals surface area (Å²) in [6, 6.07) is 8.75. The van der Waals surface area contributed by atoms with Gasteiger partial charge in [0.1, 0.15) is 16.6 Å². The van der Waals surface area contributed by atoms with Crippen LogP contribution in [0.2, 0.25) is 0 Å². The molecule has 0 atom stereocenters. The van der Waals surface area contributed by atoms with Crippen LogP contribution >= 0.6 is 11.3 Å². The fourth-order valence-electron chi connectivity index (χ4n) is 2.95. The van der Waals surface area contributed by atoms with Crippen LogP contribution in [0.4, 0.5) is 0 Å². The van der Waals surface area contributed by atoms with Gasteiger partial charge in [0.05, 0.1) is 10.9 Å². The number of rotatable bonds is 4. The predicted octanol–water partition coefficient (Wildman–Crippen LogP) is 2.59. The maximum atomic E-state index is 12.5. The van der Waals surface area contributed by atoms with Crippen molar-refractivity contribution in [1.29, 1.82) is 5.26 Å². The average Bonchev–Trinajstić information content (AvgIpc) is 3.02. The van der Waals surface area contributed by atoms with Gasteiger partial charge in [-0.3, -0.25) is 13.9 Å². The molecule has 26 heavy (non-hydrogen) atoms. The number of phenolic OH excluding ortho intramolecular Hbond substituents is 1. The number of thiophene rings is 1. The first kappa shape index (κ1) is 18.0. The van der Waals surface area contributed by atoms with Gasteiger partial charge in [-0.25, -0.2) is 4.79 Å². The molecule has 134 valence electrons. The molecule has 0 aliphatic rings. The molecular weight excluding hydrogens is 350 g/mol. The fraction of sp³-hybridized carbons (Fsp3) is 0.316. The van der Waals surface area contributed by atoms with Crippen LogP contribution in [0, 0.1) is 17.2 Å². The third kappa shape index (κ3) is 3.04. The second kappa shape index (κ2) is 6.81. The van der Waals surface area contributed by atoms with E-state index in [2.05, 4.69) is 0 Å². The van der Waals surface area contributed by atoms with Crippen LogP contribution in [0.3, 0.4) is 0 Å². The van der Waals surface area contributed by atoms with Gasteiger partial charge in [0.15, 0.2) is 0 Å². The van der Waals surface area contributed by atoms with Crippen molar-refractivity contribution in [2.45, 2.75) is 26.8 Å². The summed E-state index contributed by atoms with van der Waals surface area (Å²) in [5.74, 6) is 0.218. The Morgan fingerprint density at radius 2 is 2.04 bits per heavy atom. The number of aromatic hydroxyl groups is 1. The Morgan fingerprint density at radius 3 is 2.69 bits per heavy atom. The molecule has 0 amide bonds. The molecule has 0 bridgehead atoms. The average molecular weight is 369 g/mol. The van der Waals surface area contributed by atoms with Crippen LogP contribution in [-0.2, 0) is 20.0 Å². The molecule has 0 spiro atoms. The molecule has 3 rings (SSSR count). The van der Waals surface area contributed by atoms with Gasteiger partial charge in [-0.2, -0.15) is 5.26 Å². The van der Waals surface area contributed by atoms with E-state index in [1.54, 1.807) is 28.8 Å². The molecule has 2 aromatic heterocycles. The van der Waals surface area contributed by atoms with Gasteiger partial charge in [-0.1, -0.05) is 26.0 Å². The van der Waals surface area contributed by atoms with Crippen LogP contribution in [0.5, 0.6) is 5.75 Å². The molecule has 0 saturated heterocycles. The second-order valence-corrected chi connectivity index (χ2v) is 7.80. The first-order chi connectivity index (χ1) is 12.3. The van der Waals surface area contributed by atoms with E-state index in [1.807, 2.05) is 19.9 Å². The zero-order valence-electron chi connectivity index (χ0n) is 14.8. The summed E-state index contributed by atoms with van der Waals surface area (Å²) < 4.78 is 2.77. The highest BCUT2D eigenvalue weighted by Gasteiger charge is 2.16. The minimum absolute atomic E-state index is 0.0417. The van der Waals surface area contributed by atoms with Crippen molar-refractivity contribution in [3.05, 3.63) is 61.1 Å². The van der Waals surface area contributed by atoms with E-state index >= 15 is 0 Å². The summed E-state index contributed by atoms with van der Waals surface area (Å²) in [6.45, 7) is 4.56. The van der Waals surface area contributed by atoms with Gasteiger partial charge >= 0.3 is 5.69 Å². The monoisotopic (exact) mass is 369 g/mol. The van der Waals surface area contributed by atoms with E-state index < -0.39 is 0 Å². The lowest BCUT2D eigenvalue weighted by atomic mass is 10.1.